The summed E-state index contributed by atoms with van der Waals surface area (Å²) in [5.74, 6) is 0.862. The Morgan fingerprint density at radius 3 is 2.06 bits per heavy atom. The van der Waals surface area contributed by atoms with E-state index in [0.29, 0.717) is 6.61 Å². The second-order valence-corrected chi connectivity index (χ2v) is 6.12. The van der Waals surface area contributed by atoms with Gasteiger partial charge in [-0.15, -0.1) is 0 Å². The van der Waals surface area contributed by atoms with E-state index in [1.807, 2.05) is 0 Å². The summed E-state index contributed by atoms with van der Waals surface area (Å²) in [5.41, 5.74) is 0.205. The molecule has 0 saturated heterocycles. The summed E-state index contributed by atoms with van der Waals surface area (Å²) in [5, 5.41) is 9.79. The van der Waals surface area contributed by atoms with Gasteiger partial charge in [-0.3, -0.25) is 0 Å². The van der Waals surface area contributed by atoms with Crippen LogP contribution in [-0.4, -0.2) is 36.2 Å². The normalized spacial score (nSPS) is 29.8. The fourth-order valence-electron chi connectivity index (χ4n) is 3.12. The van der Waals surface area contributed by atoms with Crippen LogP contribution in [0.5, 0.6) is 0 Å². The van der Waals surface area contributed by atoms with Gasteiger partial charge in [0.25, 0.3) is 0 Å². The number of rotatable bonds is 7. The lowest BCUT2D eigenvalue weighted by molar-refractivity contribution is 0.0292. The third kappa shape index (κ3) is 4.59. The van der Waals surface area contributed by atoms with Crippen LogP contribution in [0.1, 0.15) is 59.3 Å². The van der Waals surface area contributed by atoms with E-state index in [4.69, 9.17) is 0 Å². The molecule has 1 aliphatic carbocycles. The maximum atomic E-state index is 9.79. The zero-order chi connectivity index (χ0) is 12.7. The summed E-state index contributed by atoms with van der Waals surface area (Å²) in [6, 6.07) is 0. The van der Waals surface area contributed by atoms with Gasteiger partial charge in [-0.1, -0.05) is 33.6 Å². The van der Waals surface area contributed by atoms with Gasteiger partial charge in [0.15, 0.2) is 0 Å². The van der Waals surface area contributed by atoms with Crippen LogP contribution in [0.25, 0.3) is 0 Å². The standard InChI is InChI=1S/C15H31NO/c1-4-10-16(11-5-2)12-15(13-17)8-6-14(3)7-9-15/h14,17H,4-13H2,1-3H3. The van der Waals surface area contributed by atoms with E-state index < -0.39 is 0 Å². The minimum absolute atomic E-state index is 0.205. The minimum atomic E-state index is 0.205. The highest BCUT2D eigenvalue weighted by molar-refractivity contribution is 4.87. The van der Waals surface area contributed by atoms with Gasteiger partial charge in [0, 0.05) is 18.6 Å². The summed E-state index contributed by atoms with van der Waals surface area (Å²) >= 11 is 0. The molecule has 1 N–H and O–H groups in total. The predicted molar refractivity (Wildman–Crippen MR) is 74.2 cm³/mol. The summed E-state index contributed by atoms with van der Waals surface area (Å²) < 4.78 is 0. The Labute approximate surface area is 107 Å². The highest BCUT2D eigenvalue weighted by Crippen LogP contribution is 2.39. The minimum Gasteiger partial charge on any atom is -0.396 e. The fraction of sp³-hybridized carbons (Fsp3) is 1.00. The van der Waals surface area contributed by atoms with Crippen molar-refractivity contribution in [3.8, 4) is 0 Å². The van der Waals surface area contributed by atoms with Crippen molar-refractivity contribution in [1.29, 1.82) is 0 Å². The van der Waals surface area contributed by atoms with Crippen LogP contribution in [0.4, 0.5) is 0 Å². The summed E-state index contributed by atoms with van der Waals surface area (Å²) in [6.45, 7) is 10.7. The van der Waals surface area contributed by atoms with Gasteiger partial charge in [-0.05, 0) is 44.7 Å². The molecule has 1 rings (SSSR count). The van der Waals surface area contributed by atoms with Crippen LogP contribution in [0, 0.1) is 11.3 Å². The molecule has 0 aromatic rings. The lowest BCUT2D eigenvalue weighted by Crippen LogP contribution is -2.43. The Kier molecular flexibility index (Phi) is 6.50. The summed E-state index contributed by atoms with van der Waals surface area (Å²) in [4.78, 5) is 2.56. The lowest BCUT2D eigenvalue weighted by atomic mass is 9.71. The number of nitrogens with zero attached hydrogens (tertiary/aromatic N) is 1. The highest BCUT2D eigenvalue weighted by Gasteiger charge is 2.34. The maximum absolute atomic E-state index is 9.79. The molecule has 0 atom stereocenters. The molecule has 0 unspecified atom stereocenters. The van der Waals surface area contributed by atoms with E-state index in [-0.39, 0.29) is 5.41 Å². The zero-order valence-corrected chi connectivity index (χ0v) is 12.0. The Morgan fingerprint density at radius 1 is 1.12 bits per heavy atom. The van der Waals surface area contributed by atoms with Crippen molar-refractivity contribution in [1.82, 2.24) is 4.90 Å². The van der Waals surface area contributed by atoms with Gasteiger partial charge < -0.3 is 10.0 Å². The monoisotopic (exact) mass is 241 g/mol. The van der Waals surface area contributed by atoms with Gasteiger partial charge in [0.05, 0.1) is 0 Å². The highest BCUT2D eigenvalue weighted by atomic mass is 16.3. The second-order valence-electron chi connectivity index (χ2n) is 6.12. The van der Waals surface area contributed by atoms with Crippen molar-refractivity contribution < 1.29 is 5.11 Å². The van der Waals surface area contributed by atoms with Crippen molar-refractivity contribution in [3.05, 3.63) is 0 Å². The molecule has 1 aliphatic rings. The van der Waals surface area contributed by atoms with E-state index >= 15 is 0 Å². The van der Waals surface area contributed by atoms with E-state index in [0.717, 1.165) is 12.5 Å². The number of hydrogen-bond donors (Lipinski definition) is 1. The van der Waals surface area contributed by atoms with Crippen molar-refractivity contribution >= 4 is 0 Å². The second kappa shape index (κ2) is 7.38. The first-order chi connectivity index (χ1) is 8.15. The first-order valence-electron chi connectivity index (χ1n) is 7.49. The molecular weight excluding hydrogens is 210 g/mol. The van der Waals surface area contributed by atoms with Crippen LogP contribution in [0.2, 0.25) is 0 Å². The number of hydrogen-bond acceptors (Lipinski definition) is 2. The van der Waals surface area contributed by atoms with Gasteiger partial charge in [-0.2, -0.15) is 0 Å². The smallest absolute Gasteiger partial charge is 0.0499 e. The summed E-state index contributed by atoms with van der Waals surface area (Å²) in [7, 11) is 0. The Bertz CT molecular complexity index is 191. The topological polar surface area (TPSA) is 23.5 Å². The van der Waals surface area contributed by atoms with E-state index in [2.05, 4.69) is 25.7 Å². The molecule has 0 aromatic heterocycles. The predicted octanol–water partition coefficient (Wildman–Crippen LogP) is 3.30. The van der Waals surface area contributed by atoms with Gasteiger partial charge in [-0.25, -0.2) is 0 Å². The number of aliphatic hydroxyl groups is 1. The van der Waals surface area contributed by atoms with Crippen LogP contribution in [0.3, 0.4) is 0 Å². The molecule has 0 aromatic carbocycles. The molecule has 0 spiro atoms. The molecule has 2 heteroatoms. The average molecular weight is 241 g/mol. The molecular formula is C15H31NO. The quantitative estimate of drug-likeness (QED) is 0.739. The van der Waals surface area contributed by atoms with Crippen molar-refractivity contribution in [2.45, 2.75) is 59.3 Å². The molecule has 0 radical (unpaired) electrons. The van der Waals surface area contributed by atoms with Gasteiger partial charge in [0.1, 0.15) is 0 Å². The SMILES string of the molecule is CCCN(CCC)CC1(CO)CCC(C)CC1. The molecule has 1 saturated carbocycles. The first-order valence-corrected chi connectivity index (χ1v) is 7.49. The molecule has 17 heavy (non-hydrogen) atoms. The van der Waals surface area contributed by atoms with Crippen molar-refractivity contribution in [3.63, 3.8) is 0 Å². The largest absolute Gasteiger partial charge is 0.396 e. The zero-order valence-electron chi connectivity index (χ0n) is 12.0. The molecule has 0 aliphatic heterocycles. The third-order valence-corrected chi connectivity index (χ3v) is 4.31. The maximum Gasteiger partial charge on any atom is 0.0499 e. The van der Waals surface area contributed by atoms with Crippen molar-refractivity contribution in [2.24, 2.45) is 11.3 Å². The first kappa shape index (κ1) is 15.0. The van der Waals surface area contributed by atoms with E-state index in [1.54, 1.807) is 0 Å². The van der Waals surface area contributed by atoms with Crippen LogP contribution < -0.4 is 0 Å². The Balaban J connectivity index is 2.53. The van der Waals surface area contributed by atoms with Crippen molar-refractivity contribution in [2.75, 3.05) is 26.2 Å². The van der Waals surface area contributed by atoms with Gasteiger partial charge in [0.2, 0.25) is 0 Å². The molecule has 0 amide bonds. The van der Waals surface area contributed by atoms with E-state index in [1.165, 1.54) is 51.6 Å². The molecule has 2 nitrogen and oxygen atoms in total. The number of aliphatic hydroxyl groups excluding tert-OH is 1. The molecule has 102 valence electrons. The Morgan fingerprint density at radius 2 is 1.65 bits per heavy atom. The molecule has 0 bridgehead atoms. The van der Waals surface area contributed by atoms with Gasteiger partial charge >= 0.3 is 0 Å². The van der Waals surface area contributed by atoms with E-state index in [9.17, 15) is 5.11 Å². The molecule has 0 heterocycles. The Hall–Kier alpha value is -0.0800. The fourth-order valence-corrected chi connectivity index (χ4v) is 3.12. The third-order valence-electron chi connectivity index (χ3n) is 4.31. The van der Waals surface area contributed by atoms with Crippen LogP contribution in [-0.2, 0) is 0 Å². The molecule has 1 fully saturated rings. The summed E-state index contributed by atoms with van der Waals surface area (Å²) in [6.07, 6.45) is 7.47. The lowest BCUT2D eigenvalue weighted by Gasteiger charge is -2.41. The van der Waals surface area contributed by atoms with Crippen LogP contribution >= 0.6 is 0 Å². The van der Waals surface area contributed by atoms with Crippen LogP contribution in [0.15, 0.2) is 0 Å². The average Bonchev–Trinajstić information content (AvgIpc) is 2.33.